The van der Waals surface area contributed by atoms with Gasteiger partial charge >= 0.3 is 0 Å². The van der Waals surface area contributed by atoms with Crippen LogP contribution in [0.2, 0.25) is 0 Å². The van der Waals surface area contributed by atoms with Crippen molar-refractivity contribution in [3.05, 3.63) is 53.0 Å². The normalized spacial score (nSPS) is 14.7. The quantitative estimate of drug-likeness (QED) is 0.824. The maximum Gasteiger partial charge on any atom is 0.269 e. The molecule has 2 heterocycles. The fraction of sp³-hybridized carbons (Fsp3) is 0.154. The minimum Gasteiger partial charge on any atom is -0.429 e. The number of aromatic nitrogens is 1. The molecule has 0 fully saturated rings. The molecule has 3 nitrogen and oxygen atoms in total. The van der Waals surface area contributed by atoms with Crippen molar-refractivity contribution in [3.8, 4) is 0 Å². The summed E-state index contributed by atoms with van der Waals surface area (Å²) in [7, 11) is 0. The van der Waals surface area contributed by atoms with Crippen molar-refractivity contribution in [1.82, 2.24) is 9.88 Å². The Hall–Kier alpha value is -1.81. The van der Waals surface area contributed by atoms with Crippen LogP contribution in [-0.4, -0.2) is 11.1 Å². The molecule has 1 aromatic carbocycles. The third-order valence-electron chi connectivity index (χ3n) is 2.78. The summed E-state index contributed by atoms with van der Waals surface area (Å²) in [5.41, 5.74) is 3.02. The van der Waals surface area contributed by atoms with Crippen LogP contribution in [0.5, 0.6) is 0 Å². The van der Waals surface area contributed by atoms with E-state index in [2.05, 4.69) is 23.5 Å². The van der Waals surface area contributed by atoms with Gasteiger partial charge in [-0.1, -0.05) is 24.3 Å². The highest BCUT2D eigenvalue weighted by Crippen LogP contribution is 2.18. The third kappa shape index (κ3) is 1.91. The minimum atomic E-state index is 0.517. The molecule has 1 N–H and O–H groups in total. The van der Waals surface area contributed by atoms with Gasteiger partial charge in [0, 0.05) is 12.2 Å². The Morgan fingerprint density at radius 2 is 2.24 bits per heavy atom. The number of hydrogen-bond acceptors (Lipinski definition) is 3. The maximum atomic E-state index is 5.55. The molecule has 0 spiro atoms. The summed E-state index contributed by atoms with van der Waals surface area (Å²) >= 11 is 5.24. The third-order valence-corrected chi connectivity index (χ3v) is 3.09. The van der Waals surface area contributed by atoms with E-state index >= 15 is 0 Å². The van der Waals surface area contributed by atoms with Crippen LogP contribution in [0.15, 0.2) is 52.6 Å². The Bertz CT molecular complexity index is 663. The number of fused-ring (bicyclic) bond motifs is 1. The second-order valence-corrected chi connectivity index (χ2v) is 4.27. The van der Waals surface area contributed by atoms with E-state index in [9.17, 15) is 0 Å². The molecule has 0 radical (unpaired) electrons. The van der Waals surface area contributed by atoms with E-state index in [-0.39, 0.29) is 0 Å². The van der Waals surface area contributed by atoms with E-state index in [4.69, 9.17) is 16.6 Å². The van der Waals surface area contributed by atoms with Gasteiger partial charge in [0.15, 0.2) is 5.58 Å². The van der Waals surface area contributed by atoms with Gasteiger partial charge < -0.3 is 9.73 Å². The Labute approximate surface area is 104 Å². The lowest BCUT2D eigenvalue weighted by Gasteiger charge is -2.12. The molecule has 0 atom stereocenters. The van der Waals surface area contributed by atoms with Gasteiger partial charge in [-0.15, -0.1) is 0 Å². The molecule has 86 valence electrons. The number of nitrogens with zero attached hydrogens (tertiary/aromatic N) is 1. The van der Waals surface area contributed by atoms with E-state index in [0.29, 0.717) is 4.84 Å². The fourth-order valence-electron chi connectivity index (χ4n) is 1.94. The second-order valence-electron chi connectivity index (χ2n) is 3.92. The van der Waals surface area contributed by atoms with Crippen LogP contribution in [-0.2, 0) is 6.54 Å². The van der Waals surface area contributed by atoms with Crippen LogP contribution >= 0.6 is 12.2 Å². The van der Waals surface area contributed by atoms with Crippen LogP contribution in [0, 0.1) is 4.84 Å². The summed E-state index contributed by atoms with van der Waals surface area (Å²) in [6.45, 7) is 1.59. The molecule has 0 unspecified atom stereocenters. The first-order valence-corrected chi connectivity index (χ1v) is 5.93. The monoisotopic (exact) mass is 244 g/mol. The average Bonchev–Trinajstić information content (AvgIpc) is 2.68. The number of para-hydroxylation sites is 2. The number of rotatable bonds is 2. The molecule has 0 aliphatic carbocycles. The summed E-state index contributed by atoms with van der Waals surface area (Å²) in [5.74, 6) is 0. The molecular weight excluding hydrogens is 232 g/mol. The lowest BCUT2D eigenvalue weighted by atomic mass is 10.2. The molecule has 1 aromatic heterocycles. The van der Waals surface area contributed by atoms with Crippen LogP contribution in [0.25, 0.3) is 11.1 Å². The number of dihydropyridines is 1. The first kappa shape index (κ1) is 10.4. The smallest absolute Gasteiger partial charge is 0.269 e. The summed E-state index contributed by atoms with van der Waals surface area (Å²) in [6.07, 6.45) is 6.20. The highest BCUT2D eigenvalue weighted by atomic mass is 32.1. The van der Waals surface area contributed by atoms with Gasteiger partial charge in [0.25, 0.3) is 4.84 Å². The molecule has 1 aliphatic rings. The van der Waals surface area contributed by atoms with Gasteiger partial charge in [0.2, 0.25) is 0 Å². The highest BCUT2D eigenvalue weighted by molar-refractivity contribution is 7.71. The van der Waals surface area contributed by atoms with E-state index in [1.165, 1.54) is 0 Å². The second kappa shape index (κ2) is 4.22. The van der Waals surface area contributed by atoms with Crippen molar-refractivity contribution in [2.45, 2.75) is 6.54 Å². The van der Waals surface area contributed by atoms with Gasteiger partial charge in [-0.2, -0.15) is 0 Å². The average molecular weight is 244 g/mol. The fourth-order valence-corrected chi connectivity index (χ4v) is 2.20. The molecule has 2 aromatic rings. The van der Waals surface area contributed by atoms with Gasteiger partial charge in [-0.05, 0) is 30.4 Å². The Balaban J connectivity index is 2.05. The highest BCUT2D eigenvalue weighted by Gasteiger charge is 2.08. The standard InChI is InChI=1S/C13H12N2OS/c17-13-15(9-10-5-3-4-8-14-10)11-6-1-2-7-12(11)16-13/h1-7,14H,8-9H2. The van der Waals surface area contributed by atoms with Crippen molar-refractivity contribution in [1.29, 1.82) is 0 Å². The van der Waals surface area contributed by atoms with Crippen molar-refractivity contribution >= 4 is 23.3 Å². The predicted molar refractivity (Wildman–Crippen MR) is 70.3 cm³/mol. The summed E-state index contributed by atoms with van der Waals surface area (Å²) in [5, 5.41) is 3.31. The van der Waals surface area contributed by atoms with E-state index in [1.807, 2.05) is 28.8 Å². The first-order valence-electron chi connectivity index (χ1n) is 5.52. The van der Waals surface area contributed by atoms with Crippen molar-refractivity contribution < 1.29 is 4.42 Å². The Kier molecular flexibility index (Phi) is 2.57. The van der Waals surface area contributed by atoms with Crippen LogP contribution in [0.1, 0.15) is 0 Å². The summed E-state index contributed by atoms with van der Waals surface area (Å²) < 4.78 is 7.55. The zero-order valence-corrected chi connectivity index (χ0v) is 10.0. The van der Waals surface area contributed by atoms with Crippen LogP contribution in [0.4, 0.5) is 0 Å². The van der Waals surface area contributed by atoms with Crippen molar-refractivity contribution in [2.75, 3.05) is 6.54 Å². The largest absolute Gasteiger partial charge is 0.429 e. The molecule has 0 saturated heterocycles. The number of nitrogens with one attached hydrogen (secondary N) is 1. The number of oxazole rings is 1. The van der Waals surface area contributed by atoms with E-state index < -0.39 is 0 Å². The van der Waals surface area contributed by atoms with Crippen LogP contribution in [0.3, 0.4) is 0 Å². The van der Waals surface area contributed by atoms with Crippen LogP contribution < -0.4 is 5.32 Å². The molecular formula is C13H12N2OS. The zero-order valence-electron chi connectivity index (χ0n) is 9.22. The topological polar surface area (TPSA) is 30.1 Å². The molecule has 3 rings (SSSR count). The Morgan fingerprint density at radius 3 is 3.06 bits per heavy atom. The molecule has 1 aliphatic heterocycles. The molecule has 17 heavy (non-hydrogen) atoms. The summed E-state index contributed by atoms with van der Waals surface area (Å²) in [6, 6.07) is 7.90. The molecule has 0 bridgehead atoms. The van der Waals surface area contributed by atoms with Gasteiger partial charge in [-0.3, -0.25) is 4.57 Å². The lowest BCUT2D eigenvalue weighted by molar-refractivity contribution is 0.542. The van der Waals surface area contributed by atoms with Gasteiger partial charge in [0.05, 0.1) is 12.1 Å². The Morgan fingerprint density at radius 1 is 1.35 bits per heavy atom. The van der Waals surface area contributed by atoms with Crippen molar-refractivity contribution in [3.63, 3.8) is 0 Å². The molecule has 4 heteroatoms. The zero-order chi connectivity index (χ0) is 11.7. The first-order chi connectivity index (χ1) is 8.34. The SMILES string of the molecule is S=c1oc2ccccc2n1CC1=CC=CCN1. The lowest BCUT2D eigenvalue weighted by Crippen LogP contribution is -2.19. The molecule has 0 amide bonds. The number of benzene rings is 1. The minimum absolute atomic E-state index is 0.517. The summed E-state index contributed by atoms with van der Waals surface area (Å²) in [4.78, 5) is 0.517. The van der Waals surface area contributed by atoms with E-state index in [0.717, 1.165) is 29.9 Å². The van der Waals surface area contributed by atoms with Crippen molar-refractivity contribution in [2.24, 2.45) is 0 Å². The van der Waals surface area contributed by atoms with Gasteiger partial charge in [-0.25, -0.2) is 0 Å². The van der Waals surface area contributed by atoms with Gasteiger partial charge in [0.1, 0.15) is 0 Å². The predicted octanol–water partition coefficient (Wildman–Crippen LogP) is 3.01. The maximum absolute atomic E-state index is 5.55. The van der Waals surface area contributed by atoms with E-state index in [1.54, 1.807) is 0 Å². The molecule has 0 saturated carbocycles. The number of hydrogen-bond donors (Lipinski definition) is 1. The number of allylic oxidation sites excluding steroid dienone is 3.